The molecule has 1 N–H and O–H groups in total. The highest BCUT2D eigenvalue weighted by Gasteiger charge is 2.05. The molecule has 18 heavy (non-hydrogen) atoms. The molecule has 0 aliphatic carbocycles. The lowest BCUT2D eigenvalue weighted by Gasteiger charge is -2.12. The van der Waals surface area contributed by atoms with Crippen LogP contribution in [0.4, 0.5) is 0 Å². The summed E-state index contributed by atoms with van der Waals surface area (Å²) >= 11 is 0. The van der Waals surface area contributed by atoms with Gasteiger partial charge in [0, 0.05) is 12.0 Å². The monoisotopic (exact) mass is 242 g/mol. The van der Waals surface area contributed by atoms with Crippen LogP contribution in [0.1, 0.15) is 13.3 Å². The van der Waals surface area contributed by atoms with Crippen molar-refractivity contribution in [3.05, 3.63) is 54.6 Å². The van der Waals surface area contributed by atoms with Gasteiger partial charge in [0.2, 0.25) is 0 Å². The number of para-hydroxylation sites is 1. The van der Waals surface area contributed by atoms with Crippen LogP contribution in [0.3, 0.4) is 0 Å². The molecule has 0 radical (unpaired) electrons. The van der Waals surface area contributed by atoms with E-state index in [-0.39, 0.29) is 6.10 Å². The topological polar surface area (TPSA) is 29.5 Å². The SMILES string of the molecule is CC(O)CCOc1ccccc1-c1ccccc1. The van der Waals surface area contributed by atoms with E-state index in [4.69, 9.17) is 4.74 Å². The van der Waals surface area contributed by atoms with Crippen molar-refractivity contribution in [2.75, 3.05) is 6.61 Å². The molecule has 1 atom stereocenters. The van der Waals surface area contributed by atoms with Gasteiger partial charge in [0.05, 0.1) is 12.7 Å². The zero-order valence-corrected chi connectivity index (χ0v) is 10.5. The van der Waals surface area contributed by atoms with Gasteiger partial charge in [-0.25, -0.2) is 0 Å². The summed E-state index contributed by atoms with van der Waals surface area (Å²) in [6.45, 7) is 2.30. The van der Waals surface area contributed by atoms with Gasteiger partial charge in [0.1, 0.15) is 5.75 Å². The highest BCUT2D eigenvalue weighted by atomic mass is 16.5. The average Bonchev–Trinajstić information content (AvgIpc) is 2.40. The Morgan fingerprint density at radius 3 is 2.39 bits per heavy atom. The number of benzene rings is 2. The summed E-state index contributed by atoms with van der Waals surface area (Å²) in [5.41, 5.74) is 2.23. The van der Waals surface area contributed by atoms with Gasteiger partial charge in [0.25, 0.3) is 0 Å². The second-order valence-electron chi connectivity index (χ2n) is 4.35. The molecule has 2 aromatic carbocycles. The Labute approximate surface area is 108 Å². The van der Waals surface area contributed by atoms with Crippen LogP contribution in [0, 0.1) is 0 Å². The summed E-state index contributed by atoms with van der Waals surface area (Å²) in [5, 5.41) is 9.24. The molecule has 0 saturated carbocycles. The number of rotatable bonds is 5. The molecule has 1 unspecified atom stereocenters. The maximum atomic E-state index is 9.24. The summed E-state index contributed by atoms with van der Waals surface area (Å²) < 4.78 is 5.74. The summed E-state index contributed by atoms with van der Waals surface area (Å²) in [4.78, 5) is 0. The summed E-state index contributed by atoms with van der Waals surface area (Å²) in [6, 6.07) is 18.1. The Morgan fingerprint density at radius 1 is 1.00 bits per heavy atom. The smallest absolute Gasteiger partial charge is 0.127 e. The lowest BCUT2D eigenvalue weighted by atomic mass is 10.1. The van der Waals surface area contributed by atoms with E-state index >= 15 is 0 Å². The third kappa shape index (κ3) is 3.34. The van der Waals surface area contributed by atoms with Gasteiger partial charge in [-0.3, -0.25) is 0 Å². The van der Waals surface area contributed by atoms with Gasteiger partial charge in [-0.2, -0.15) is 0 Å². The number of hydrogen-bond acceptors (Lipinski definition) is 2. The number of aliphatic hydroxyl groups excluding tert-OH is 1. The van der Waals surface area contributed by atoms with Crippen molar-refractivity contribution in [3.8, 4) is 16.9 Å². The molecule has 0 aromatic heterocycles. The Kier molecular flexibility index (Phi) is 4.37. The third-order valence-corrected chi connectivity index (χ3v) is 2.77. The van der Waals surface area contributed by atoms with Gasteiger partial charge in [0.15, 0.2) is 0 Å². The fourth-order valence-corrected chi connectivity index (χ4v) is 1.79. The Hall–Kier alpha value is -1.80. The van der Waals surface area contributed by atoms with E-state index in [1.807, 2.05) is 42.5 Å². The molecule has 2 aromatic rings. The minimum absolute atomic E-state index is 0.325. The van der Waals surface area contributed by atoms with Gasteiger partial charge in [-0.15, -0.1) is 0 Å². The first-order chi connectivity index (χ1) is 8.77. The van der Waals surface area contributed by atoms with Crippen molar-refractivity contribution >= 4 is 0 Å². The zero-order valence-electron chi connectivity index (χ0n) is 10.5. The summed E-state index contributed by atoms with van der Waals surface area (Å²) in [5.74, 6) is 0.865. The second kappa shape index (κ2) is 6.22. The molecule has 0 aliphatic rings. The van der Waals surface area contributed by atoms with Crippen molar-refractivity contribution in [1.29, 1.82) is 0 Å². The molecule has 0 fully saturated rings. The van der Waals surface area contributed by atoms with Crippen LogP contribution in [0.5, 0.6) is 5.75 Å². The van der Waals surface area contributed by atoms with Crippen LogP contribution >= 0.6 is 0 Å². The molecular weight excluding hydrogens is 224 g/mol. The first-order valence-electron chi connectivity index (χ1n) is 6.22. The third-order valence-electron chi connectivity index (χ3n) is 2.77. The maximum Gasteiger partial charge on any atom is 0.127 e. The van der Waals surface area contributed by atoms with E-state index in [0.29, 0.717) is 13.0 Å². The van der Waals surface area contributed by atoms with E-state index in [1.54, 1.807) is 6.92 Å². The quantitative estimate of drug-likeness (QED) is 0.869. The molecule has 0 heterocycles. The van der Waals surface area contributed by atoms with E-state index in [1.165, 1.54) is 0 Å². The average molecular weight is 242 g/mol. The van der Waals surface area contributed by atoms with Crippen molar-refractivity contribution in [3.63, 3.8) is 0 Å². The van der Waals surface area contributed by atoms with Crippen LogP contribution in [0.25, 0.3) is 11.1 Å². The number of hydrogen-bond donors (Lipinski definition) is 1. The first kappa shape index (κ1) is 12.7. The highest BCUT2D eigenvalue weighted by molar-refractivity contribution is 5.70. The van der Waals surface area contributed by atoms with Gasteiger partial charge >= 0.3 is 0 Å². The van der Waals surface area contributed by atoms with Gasteiger partial charge in [-0.05, 0) is 18.6 Å². The second-order valence-corrected chi connectivity index (χ2v) is 4.35. The van der Waals surface area contributed by atoms with E-state index in [0.717, 1.165) is 16.9 Å². The summed E-state index contributed by atoms with van der Waals surface area (Å²) in [7, 11) is 0. The minimum atomic E-state index is -0.325. The van der Waals surface area contributed by atoms with E-state index in [9.17, 15) is 5.11 Å². The molecule has 2 nitrogen and oxygen atoms in total. The zero-order chi connectivity index (χ0) is 12.8. The molecule has 2 heteroatoms. The Bertz CT molecular complexity index is 477. The summed E-state index contributed by atoms with van der Waals surface area (Å²) in [6.07, 6.45) is 0.317. The standard InChI is InChI=1S/C16H18O2/c1-13(17)11-12-18-16-10-6-5-9-15(16)14-7-3-2-4-8-14/h2-10,13,17H,11-12H2,1H3. The molecular formula is C16H18O2. The van der Waals surface area contributed by atoms with Crippen LogP contribution in [-0.2, 0) is 0 Å². The largest absolute Gasteiger partial charge is 0.493 e. The fourth-order valence-electron chi connectivity index (χ4n) is 1.79. The molecule has 0 spiro atoms. The predicted molar refractivity (Wildman–Crippen MR) is 73.7 cm³/mol. The molecule has 0 amide bonds. The molecule has 0 saturated heterocycles. The van der Waals surface area contributed by atoms with Crippen LogP contribution in [-0.4, -0.2) is 17.8 Å². The van der Waals surface area contributed by atoms with Crippen molar-refractivity contribution < 1.29 is 9.84 Å². The number of aliphatic hydroxyl groups is 1. The van der Waals surface area contributed by atoms with Crippen LogP contribution in [0.15, 0.2) is 54.6 Å². The van der Waals surface area contributed by atoms with Crippen molar-refractivity contribution in [2.24, 2.45) is 0 Å². The van der Waals surface area contributed by atoms with E-state index < -0.39 is 0 Å². The lowest BCUT2D eigenvalue weighted by molar-refractivity contribution is 0.156. The fraction of sp³-hybridized carbons (Fsp3) is 0.250. The van der Waals surface area contributed by atoms with Crippen molar-refractivity contribution in [2.45, 2.75) is 19.4 Å². The maximum absolute atomic E-state index is 9.24. The van der Waals surface area contributed by atoms with Crippen LogP contribution in [0.2, 0.25) is 0 Å². The highest BCUT2D eigenvalue weighted by Crippen LogP contribution is 2.29. The molecule has 94 valence electrons. The Balaban J connectivity index is 2.16. The first-order valence-corrected chi connectivity index (χ1v) is 6.22. The Morgan fingerprint density at radius 2 is 1.67 bits per heavy atom. The van der Waals surface area contributed by atoms with Gasteiger partial charge in [-0.1, -0.05) is 48.5 Å². The van der Waals surface area contributed by atoms with Crippen LogP contribution < -0.4 is 4.74 Å². The predicted octanol–water partition coefficient (Wildman–Crippen LogP) is 3.50. The van der Waals surface area contributed by atoms with E-state index in [2.05, 4.69) is 12.1 Å². The number of ether oxygens (including phenoxy) is 1. The lowest BCUT2D eigenvalue weighted by Crippen LogP contribution is -2.07. The van der Waals surface area contributed by atoms with Crippen molar-refractivity contribution in [1.82, 2.24) is 0 Å². The normalized spacial score (nSPS) is 12.1. The minimum Gasteiger partial charge on any atom is -0.493 e. The molecule has 0 bridgehead atoms. The van der Waals surface area contributed by atoms with Gasteiger partial charge < -0.3 is 9.84 Å². The molecule has 2 rings (SSSR count). The molecule has 0 aliphatic heterocycles.